The minimum Gasteiger partial charge on any atom is -0.497 e. The summed E-state index contributed by atoms with van der Waals surface area (Å²) >= 11 is 0. The summed E-state index contributed by atoms with van der Waals surface area (Å²) in [7, 11) is 1.62. The van der Waals surface area contributed by atoms with Crippen LogP contribution < -0.4 is 15.8 Å². The average Bonchev–Trinajstić information content (AvgIpc) is 2.91. The smallest absolute Gasteiger partial charge is 0.267 e. The molecule has 1 amide bonds. The van der Waals surface area contributed by atoms with Crippen LogP contribution in [0.5, 0.6) is 5.75 Å². The van der Waals surface area contributed by atoms with E-state index < -0.39 is 5.91 Å². The number of nitrogens with two attached hydrogens (primary N) is 1. The highest BCUT2D eigenvalue weighted by atomic mass is 16.5. The highest BCUT2D eigenvalue weighted by molar-refractivity contribution is 5.91. The van der Waals surface area contributed by atoms with Crippen molar-refractivity contribution in [2.24, 2.45) is 5.73 Å². The molecule has 1 aromatic carbocycles. The second kappa shape index (κ2) is 7.40. The largest absolute Gasteiger partial charge is 0.497 e. The van der Waals surface area contributed by atoms with Gasteiger partial charge in [0.25, 0.3) is 5.91 Å². The van der Waals surface area contributed by atoms with Crippen molar-refractivity contribution in [3.8, 4) is 17.0 Å². The number of rotatable bonds is 4. The first-order chi connectivity index (χ1) is 11.7. The van der Waals surface area contributed by atoms with Gasteiger partial charge in [0.15, 0.2) is 0 Å². The van der Waals surface area contributed by atoms with Crippen molar-refractivity contribution in [2.45, 2.75) is 31.7 Å². The molecular weight excluding hydrogens is 304 g/mol. The molecule has 1 aliphatic heterocycles. The second-order valence-electron chi connectivity index (χ2n) is 5.95. The van der Waals surface area contributed by atoms with Crippen molar-refractivity contribution in [1.29, 1.82) is 0 Å². The van der Waals surface area contributed by atoms with Crippen molar-refractivity contribution in [1.82, 2.24) is 15.3 Å². The highest BCUT2D eigenvalue weighted by Crippen LogP contribution is 2.26. The molecule has 0 bridgehead atoms. The number of primary amides is 1. The van der Waals surface area contributed by atoms with Crippen LogP contribution in [-0.2, 0) is 0 Å². The highest BCUT2D eigenvalue weighted by Gasteiger charge is 2.19. The van der Waals surface area contributed by atoms with E-state index in [1.807, 2.05) is 24.3 Å². The molecule has 3 rings (SSSR count). The fourth-order valence-corrected chi connectivity index (χ4v) is 2.93. The summed E-state index contributed by atoms with van der Waals surface area (Å²) in [5.74, 6) is 0.823. The van der Waals surface area contributed by atoms with E-state index in [9.17, 15) is 4.79 Å². The molecule has 0 aliphatic carbocycles. The van der Waals surface area contributed by atoms with E-state index in [2.05, 4.69) is 15.3 Å². The van der Waals surface area contributed by atoms with Crippen LogP contribution in [-0.4, -0.2) is 29.5 Å². The van der Waals surface area contributed by atoms with Crippen LogP contribution in [0.15, 0.2) is 30.3 Å². The van der Waals surface area contributed by atoms with Crippen molar-refractivity contribution in [2.75, 3.05) is 13.7 Å². The number of carbonyl (C=O) groups excluding carboxylic acids is 1. The third kappa shape index (κ3) is 3.71. The topological polar surface area (TPSA) is 90.1 Å². The number of carbonyl (C=O) groups is 1. The number of benzene rings is 1. The number of hydrogen-bond donors (Lipinski definition) is 2. The van der Waals surface area contributed by atoms with Crippen molar-refractivity contribution in [3.63, 3.8) is 0 Å². The third-order valence-corrected chi connectivity index (χ3v) is 4.23. The number of methoxy groups -OCH3 is 1. The molecule has 1 saturated heterocycles. The molecule has 126 valence electrons. The molecule has 2 heterocycles. The predicted octanol–water partition coefficient (Wildman–Crippen LogP) is 2.46. The van der Waals surface area contributed by atoms with Crippen LogP contribution in [0.1, 0.15) is 48.0 Å². The Balaban J connectivity index is 2.03. The normalized spacial score (nSPS) is 18.0. The predicted molar refractivity (Wildman–Crippen MR) is 91.7 cm³/mol. The zero-order chi connectivity index (χ0) is 16.9. The lowest BCUT2D eigenvalue weighted by atomic mass is 10.1. The standard InChI is InChI=1S/C18H22N4O2/c1-24-13-7-5-6-12(10-13)15-11-16(17(19)23)22-18(21-15)14-8-3-2-4-9-20-14/h5-7,10-11,14,20H,2-4,8-9H2,1H3,(H2,19,23). The number of amides is 1. The van der Waals surface area contributed by atoms with Gasteiger partial charge in [-0.05, 0) is 37.6 Å². The first-order valence-corrected chi connectivity index (χ1v) is 8.24. The molecule has 1 unspecified atom stereocenters. The second-order valence-corrected chi connectivity index (χ2v) is 5.95. The Bertz CT molecular complexity index is 725. The van der Waals surface area contributed by atoms with E-state index in [-0.39, 0.29) is 11.7 Å². The van der Waals surface area contributed by atoms with Crippen LogP contribution in [0.2, 0.25) is 0 Å². The molecule has 6 nitrogen and oxygen atoms in total. The summed E-state index contributed by atoms with van der Waals surface area (Å²) in [4.78, 5) is 20.8. The van der Waals surface area contributed by atoms with E-state index in [1.54, 1.807) is 13.2 Å². The van der Waals surface area contributed by atoms with Crippen molar-refractivity contribution < 1.29 is 9.53 Å². The first-order valence-electron chi connectivity index (χ1n) is 8.24. The van der Waals surface area contributed by atoms with Gasteiger partial charge in [-0.1, -0.05) is 25.0 Å². The van der Waals surface area contributed by atoms with E-state index in [0.717, 1.165) is 37.1 Å². The van der Waals surface area contributed by atoms with Gasteiger partial charge < -0.3 is 15.8 Å². The number of hydrogen-bond acceptors (Lipinski definition) is 5. The number of nitrogens with one attached hydrogen (secondary N) is 1. The Hall–Kier alpha value is -2.47. The van der Waals surface area contributed by atoms with Gasteiger partial charge in [0.05, 0.1) is 18.8 Å². The van der Waals surface area contributed by atoms with Gasteiger partial charge in [0.2, 0.25) is 0 Å². The third-order valence-electron chi connectivity index (χ3n) is 4.23. The maximum Gasteiger partial charge on any atom is 0.267 e. The van der Waals surface area contributed by atoms with Crippen molar-refractivity contribution in [3.05, 3.63) is 41.9 Å². The molecule has 0 saturated carbocycles. The maximum absolute atomic E-state index is 11.7. The molecule has 6 heteroatoms. The SMILES string of the molecule is COc1cccc(-c2cc(C(N)=O)nc(C3CCCCCN3)n2)c1. The van der Waals surface area contributed by atoms with E-state index in [4.69, 9.17) is 10.5 Å². The van der Waals surface area contributed by atoms with E-state index >= 15 is 0 Å². The fourth-order valence-electron chi connectivity index (χ4n) is 2.93. The molecule has 0 radical (unpaired) electrons. The average molecular weight is 326 g/mol. The Morgan fingerprint density at radius 3 is 2.92 bits per heavy atom. The zero-order valence-electron chi connectivity index (χ0n) is 13.8. The monoisotopic (exact) mass is 326 g/mol. The molecule has 24 heavy (non-hydrogen) atoms. The van der Waals surface area contributed by atoms with E-state index in [1.165, 1.54) is 6.42 Å². The van der Waals surface area contributed by atoms with Crippen molar-refractivity contribution >= 4 is 5.91 Å². The van der Waals surface area contributed by atoms with Gasteiger partial charge in [-0.3, -0.25) is 4.79 Å². The fraction of sp³-hybridized carbons (Fsp3) is 0.389. The van der Waals surface area contributed by atoms with Crippen LogP contribution in [0, 0.1) is 0 Å². The first kappa shape index (κ1) is 16.4. The molecule has 0 spiro atoms. The van der Waals surface area contributed by atoms with Crippen LogP contribution in [0.3, 0.4) is 0 Å². The minimum atomic E-state index is -0.545. The quantitative estimate of drug-likeness (QED) is 0.900. The molecule has 1 fully saturated rings. The van der Waals surface area contributed by atoms with Gasteiger partial charge in [0, 0.05) is 5.56 Å². The lowest BCUT2D eigenvalue weighted by molar-refractivity contribution is 0.0995. The lowest BCUT2D eigenvalue weighted by Crippen LogP contribution is -2.24. The van der Waals surface area contributed by atoms with Gasteiger partial charge >= 0.3 is 0 Å². The Labute approximate surface area is 141 Å². The summed E-state index contributed by atoms with van der Waals surface area (Å²) < 4.78 is 5.27. The Kier molecular flexibility index (Phi) is 5.05. The number of ether oxygens (including phenoxy) is 1. The molecule has 1 aromatic heterocycles. The van der Waals surface area contributed by atoms with Crippen LogP contribution >= 0.6 is 0 Å². The lowest BCUT2D eigenvalue weighted by Gasteiger charge is -2.16. The number of aromatic nitrogens is 2. The Morgan fingerprint density at radius 2 is 2.12 bits per heavy atom. The zero-order valence-corrected chi connectivity index (χ0v) is 13.8. The summed E-state index contributed by atoms with van der Waals surface area (Å²) in [6.07, 6.45) is 4.42. The minimum absolute atomic E-state index is 0.0520. The van der Waals surface area contributed by atoms with Gasteiger partial charge in [-0.25, -0.2) is 9.97 Å². The van der Waals surface area contributed by atoms with Crippen LogP contribution in [0.25, 0.3) is 11.3 Å². The van der Waals surface area contributed by atoms with Gasteiger partial charge in [-0.2, -0.15) is 0 Å². The maximum atomic E-state index is 11.7. The summed E-state index contributed by atoms with van der Waals surface area (Å²) in [6.45, 7) is 0.934. The summed E-state index contributed by atoms with van der Waals surface area (Å²) in [5, 5.41) is 3.46. The molecule has 2 aromatic rings. The Morgan fingerprint density at radius 1 is 1.25 bits per heavy atom. The van der Waals surface area contributed by atoms with E-state index in [0.29, 0.717) is 11.5 Å². The van der Waals surface area contributed by atoms with Crippen LogP contribution in [0.4, 0.5) is 0 Å². The van der Waals surface area contributed by atoms with Gasteiger partial charge in [-0.15, -0.1) is 0 Å². The molecule has 1 aliphatic rings. The molecular formula is C18H22N4O2. The van der Waals surface area contributed by atoms with Gasteiger partial charge in [0.1, 0.15) is 17.3 Å². The molecule has 3 N–H and O–H groups in total. The summed E-state index contributed by atoms with van der Waals surface area (Å²) in [6, 6.07) is 9.27. The molecule has 1 atom stereocenters. The summed E-state index contributed by atoms with van der Waals surface area (Å²) in [5.41, 5.74) is 7.26. The number of nitrogens with zero attached hydrogens (tertiary/aromatic N) is 2.